The standard InChI is InChI=1S/C25H24F3N5O4/c1-13(14-2-3-14)29-24(36)17-12-33(21-18(27)10-15(26)11-19(21)28)23-16(22(17)35)4-5-20(30-23)32-7-6-31(8-9-34)25(32)37/h4-5,10-14,34H,2-3,6-9H2,1H3,(H,29,36)/t13-/m1/s1. The molecule has 0 unspecified atom stereocenters. The fourth-order valence-electron chi connectivity index (χ4n) is 4.56. The maximum Gasteiger partial charge on any atom is 0.325 e. The van der Waals surface area contributed by atoms with Gasteiger partial charge in [-0.3, -0.25) is 19.1 Å². The number of β-amino-alcohol motifs (C(OH)–C–C–N with tert-alkyl or cyclic N) is 1. The summed E-state index contributed by atoms with van der Waals surface area (Å²) in [5, 5.41) is 11.8. The van der Waals surface area contributed by atoms with Crippen LogP contribution in [0.25, 0.3) is 16.7 Å². The molecular formula is C25H24F3N5O4. The van der Waals surface area contributed by atoms with E-state index in [1.807, 2.05) is 6.92 Å². The number of carbonyl (C=O) groups excluding carboxylic acids is 2. The number of hydrogen-bond donors (Lipinski definition) is 2. The Kier molecular flexibility index (Phi) is 6.36. The van der Waals surface area contributed by atoms with Crippen LogP contribution in [0.3, 0.4) is 0 Å². The van der Waals surface area contributed by atoms with Gasteiger partial charge in [0.05, 0.1) is 12.0 Å². The van der Waals surface area contributed by atoms with E-state index in [1.54, 1.807) is 0 Å². The number of hydrogen-bond acceptors (Lipinski definition) is 5. The summed E-state index contributed by atoms with van der Waals surface area (Å²) in [6.45, 7) is 2.27. The van der Waals surface area contributed by atoms with Gasteiger partial charge in [0.15, 0.2) is 17.3 Å². The number of aliphatic hydroxyl groups excluding tert-OH is 1. The molecule has 2 fully saturated rings. The van der Waals surface area contributed by atoms with Crippen molar-refractivity contribution >= 4 is 28.8 Å². The molecule has 194 valence electrons. The van der Waals surface area contributed by atoms with Gasteiger partial charge in [0, 0.05) is 44.0 Å². The lowest BCUT2D eigenvalue weighted by Crippen LogP contribution is -2.37. The van der Waals surface area contributed by atoms with Crippen LogP contribution in [0.5, 0.6) is 0 Å². The van der Waals surface area contributed by atoms with Gasteiger partial charge < -0.3 is 15.3 Å². The molecule has 2 aliphatic rings. The summed E-state index contributed by atoms with van der Waals surface area (Å²) in [6, 6.07) is 3.08. The van der Waals surface area contributed by atoms with E-state index in [0.29, 0.717) is 24.6 Å². The molecule has 5 rings (SSSR count). The van der Waals surface area contributed by atoms with Crippen LogP contribution in [-0.4, -0.2) is 63.8 Å². The Hall–Kier alpha value is -3.93. The van der Waals surface area contributed by atoms with Gasteiger partial charge in [-0.15, -0.1) is 0 Å². The SMILES string of the molecule is C[C@@H](NC(=O)c1cn(-c2c(F)cc(F)cc2F)c2nc(N3CCN(CCO)C3=O)ccc2c1=O)C1CC1. The number of nitrogens with zero attached hydrogens (tertiary/aromatic N) is 4. The van der Waals surface area contributed by atoms with E-state index in [1.165, 1.54) is 21.9 Å². The maximum atomic E-state index is 14.9. The van der Waals surface area contributed by atoms with Crippen molar-refractivity contribution in [3.8, 4) is 5.69 Å². The normalized spacial score (nSPS) is 16.5. The minimum Gasteiger partial charge on any atom is -0.395 e. The summed E-state index contributed by atoms with van der Waals surface area (Å²) >= 11 is 0. The maximum absolute atomic E-state index is 14.9. The van der Waals surface area contributed by atoms with Gasteiger partial charge in [-0.05, 0) is 37.8 Å². The lowest BCUT2D eigenvalue weighted by Gasteiger charge is -2.19. The van der Waals surface area contributed by atoms with Crippen LogP contribution in [-0.2, 0) is 0 Å². The van der Waals surface area contributed by atoms with Crippen molar-refractivity contribution in [2.75, 3.05) is 31.1 Å². The number of benzene rings is 1. The van der Waals surface area contributed by atoms with Gasteiger partial charge in [0.25, 0.3) is 5.91 Å². The van der Waals surface area contributed by atoms with Gasteiger partial charge in [0.1, 0.15) is 22.9 Å². The first kappa shape index (κ1) is 24.8. The third kappa shape index (κ3) is 4.52. The molecule has 1 aliphatic carbocycles. The molecule has 1 aromatic carbocycles. The lowest BCUT2D eigenvalue weighted by molar-refractivity contribution is 0.0934. The largest absolute Gasteiger partial charge is 0.395 e. The molecule has 1 saturated heterocycles. The number of anilines is 1. The average molecular weight is 515 g/mol. The van der Waals surface area contributed by atoms with Gasteiger partial charge in [0.2, 0.25) is 5.43 Å². The number of rotatable bonds is 7. The summed E-state index contributed by atoms with van der Waals surface area (Å²) in [7, 11) is 0. The molecular weight excluding hydrogens is 491 g/mol. The molecule has 3 heterocycles. The lowest BCUT2D eigenvalue weighted by atomic mass is 10.1. The summed E-state index contributed by atoms with van der Waals surface area (Å²) in [5.74, 6) is -3.97. The Morgan fingerprint density at radius 3 is 2.51 bits per heavy atom. The molecule has 0 bridgehead atoms. The van der Waals surface area contributed by atoms with Crippen LogP contribution in [0, 0.1) is 23.4 Å². The number of halogens is 3. The van der Waals surface area contributed by atoms with Crippen LogP contribution in [0.1, 0.15) is 30.1 Å². The number of aliphatic hydroxyl groups is 1. The van der Waals surface area contributed by atoms with E-state index < -0.39 is 40.5 Å². The van der Waals surface area contributed by atoms with Crippen molar-refractivity contribution in [1.29, 1.82) is 0 Å². The Labute approximate surface area is 209 Å². The third-order valence-corrected chi connectivity index (χ3v) is 6.73. The molecule has 9 nitrogen and oxygen atoms in total. The molecule has 0 spiro atoms. The predicted octanol–water partition coefficient (Wildman–Crippen LogP) is 2.57. The topological polar surface area (TPSA) is 108 Å². The molecule has 37 heavy (non-hydrogen) atoms. The fourth-order valence-corrected chi connectivity index (χ4v) is 4.56. The highest BCUT2D eigenvalue weighted by atomic mass is 19.1. The van der Waals surface area contributed by atoms with Crippen molar-refractivity contribution in [2.45, 2.75) is 25.8 Å². The van der Waals surface area contributed by atoms with Crippen LogP contribution in [0.2, 0.25) is 0 Å². The quantitative estimate of drug-likeness (QED) is 0.503. The first-order chi connectivity index (χ1) is 17.7. The average Bonchev–Trinajstić information content (AvgIpc) is 3.64. The van der Waals surface area contributed by atoms with Gasteiger partial charge in [-0.25, -0.2) is 22.9 Å². The molecule has 0 radical (unpaired) electrons. The second-order valence-corrected chi connectivity index (χ2v) is 9.24. The van der Waals surface area contributed by atoms with Gasteiger partial charge in [-0.1, -0.05) is 0 Å². The van der Waals surface area contributed by atoms with Crippen molar-refractivity contribution in [3.05, 3.63) is 63.7 Å². The number of fused-ring (bicyclic) bond motifs is 1. The summed E-state index contributed by atoms with van der Waals surface area (Å²) in [5.41, 5.74) is -2.01. The molecule has 2 aromatic heterocycles. The first-order valence-electron chi connectivity index (χ1n) is 11.9. The van der Waals surface area contributed by atoms with E-state index in [0.717, 1.165) is 23.6 Å². The highest BCUT2D eigenvalue weighted by molar-refractivity contribution is 5.98. The number of carbonyl (C=O) groups is 2. The molecule has 1 aliphatic heterocycles. The summed E-state index contributed by atoms with van der Waals surface area (Å²) in [4.78, 5) is 46.1. The van der Waals surface area contributed by atoms with E-state index in [4.69, 9.17) is 5.11 Å². The van der Waals surface area contributed by atoms with E-state index >= 15 is 0 Å². The predicted molar refractivity (Wildman–Crippen MR) is 128 cm³/mol. The van der Waals surface area contributed by atoms with Crippen LogP contribution < -0.4 is 15.6 Å². The molecule has 2 N–H and O–H groups in total. The van der Waals surface area contributed by atoms with Crippen molar-refractivity contribution in [2.24, 2.45) is 5.92 Å². The summed E-state index contributed by atoms with van der Waals surface area (Å²) in [6.07, 6.45) is 2.89. The Morgan fingerprint density at radius 1 is 1.16 bits per heavy atom. The summed E-state index contributed by atoms with van der Waals surface area (Å²) < 4.78 is 44.3. The van der Waals surface area contributed by atoms with Gasteiger partial charge in [-0.2, -0.15) is 0 Å². The van der Waals surface area contributed by atoms with Crippen molar-refractivity contribution < 1.29 is 27.9 Å². The minimum absolute atomic E-state index is 0.105. The number of nitrogens with one attached hydrogen (secondary N) is 1. The van der Waals surface area contributed by atoms with Crippen molar-refractivity contribution in [1.82, 2.24) is 19.8 Å². The smallest absolute Gasteiger partial charge is 0.325 e. The Balaban J connectivity index is 1.68. The fraction of sp³-hybridized carbons (Fsp3) is 0.360. The third-order valence-electron chi connectivity index (χ3n) is 6.73. The van der Waals surface area contributed by atoms with Crippen LogP contribution in [0.15, 0.2) is 35.3 Å². The van der Waals surface area contributed by atoms with Crippen LogP contribution in [0.4, 0.5) is 23.8 Å². The molecule has 12 heteroatoms. The zero-order valence-electron chi connectivity index (χ0n) is 19.9. The zero-order chi connectivity index (χ0) is 26.4. The number of pyridine rings is 2. The minimum atomic E-state index is -1.27. The van der Waals surface area contributed by atoms with Crippen molar-refractivity contribution in [3.63, 3.8) is 0 Å². The molecule has 1 atom stereocenters. The number of aromatic nitrogens is 2. The first-order valence-corrected chi connectivity index (χ1v) is 11.9. The molecule has 3 aromatic rings. The Morgan fingerprint density at radius 2 is 1.86 bits per heavy atom. The molecule has 1 saturated carbocycles. The van der Waals surface area contributed by atoms with E-state index in [2.05, 4.69) is 10.3 Å². The zero-order valence-corrected chi connectivity index (χ0v) is 19.9. The highest BCUT2D eigenvalue weighted by Gasteiger charge is 2.32. The monoisotopic (exact) mass is 515 g/mol. The van der Waals surface area contributed by atoms with Gasteiger partial charge >= 0.3 is 6.03 Å². The second kappa shape index (κ2) is 9.51. The second-order valence-electron chi connectivity index (χ2n) is 9.24. The van der Waals surface area contributed by atoms with E-state index in [-0.39, 0.29) is 48.2 Å². The number of urea groups is 1. The highest BCUT2D eigenvalue weighted by Crippen LogP contribution is 2.32. The molecule has 3 amide bonds. The van der Waals surface area contributed by atoms with E-state index in [9.17, 15) is 27.6 Å². The number of amides is 3. The van der Waals surface area contributed by atoms with Crippen LogP contribution >= 0.6 is 0 Å². The Bertz CT molecular complexity index is 1450.